The largest absolute Gasteiger partial charge is 0.290 e. The normalized spacial score (nSPS) is 16.8. The van der Waals surface area contributed by atoms with Crippen molar-refractivity contribution >= 4 is 10.1 Å². The van der Waals surface area contributed by atoms with Crippen LogP contribution in [-0.2, 0) is 10.1 Å². The molecule has 0 aromatic rings. The van der Waals surface area contributed by atoms with E-state index in [1.54, 1.807) is 13.0 Å². The third-order valence-electron chi connectivity index (χ3n) is 3.88. The zero-order valence-corrected chi connectivity index (χ0v) is 16.3. The molecule has 0 aliphatic rings. The molecule has 0 rings (SSSR count). The van der Waals surface area contributed by atoms with Gasteiger partial charge in [-0.1, -0.05) is 67.0 Å². The Bertz CT molecular complexity index is 512. The van der Waals surface area contributed by atoms with Crippen molar-refractivity contribution in [1.29, 1.82) is 0 Å². The van der Waals surface area contributed by atoms with Crippen molar-refractivity contribution in [2.45, 2.75) is 74.7 Å². The first-order chi connectivity index (χ1) is 9.72. The predicted octanol–water partition coefficient (Wildman–Crippen LogP) is 5.60. The van der Waals surface area contributed by atoms with Crippen LogP contribution in [0.5, 0.6) is 0 Å². The van der Waals surface area contributed by atoms with Crippen molar-refractivity contribution in [2.24, 2.45) is 16.7 Å². The van der Waals surface area contributed by atoms with E-state index >= 15 is 0 Å². The predicted molar refractivity (Wildman–Crippen MR) is 95.3 cm³/mol. The monoisotopic (exact) mass is 330 g/mol. The summed E-state index contributed by atoms with van der Waals surface area (Å²) in [6, 6.07) is 0. The maximum absolute atomic E-state index is 11.3. The summed E-state index contributed by atoms with van der Waals surface area (Å²) in [4.78, 5) is 0.0712. The van der Waals surface area contributed by atoms with Gasteiger partial charge in [-0.05, 0) is 42.1 Å². The van der Waals surface area contributed by atoms with Gasteiger partial charge in [0.05, 0.1) is 4.91 Å². The van der Waals surface area contributed by atoms with E-state index in [0.29, 0.717) is 12.3 Å². The highest BCUT2D eigenvalue weighted by atomic mass is 32.2. The zero-order chi connectivity index (χ0) is 17.8. The fourth-order valence-electron chi connectivity index (χ4n) is 2.67. The molecule has 0 aliphatic carbocycles. The quantitative estimate of drug-likeness (QED) is 0.509. The lowest BCUT2D eigenvalue weighted by Crippen LogP contribution is -2.27. The van der Waals surface area contributed by atoms with E-state index in [9.17, 15) is 13.0 Å². The van der Waals surface area contributed by atoms with Crippen LogP contribution in [-0.4, -0.2) is 13.0 Å². The molecule has 0 fully saturated rings. The number of hydrogen-bond acceptors (Lipinski definition) is 2. The second kappa shape index (κ2) is 7.78. The van der Waals surface area contributed by atoms with Crippen LogP contribution in [0.3, 0.4) is 0 Å². The molecule has 3 nitrogen and oxygen atoms in total. The molecule has 22 heavy (non-hydrogen) atoms. The van der Waals surface area contributed by atoms with Crippen LogP contribution in [0.2, 0.25) is 0 Å². The average molecular weight is 331 g/mol. The molecule has 0 saturated carbocycles. The third kappa shape index (κ3) is 7.59. The summed E-state index contributed by atoms with van der Waals surface area (Å²) >= 11 is 0. The Labute approximate surface area is 137 Å². The number of allylic oxidation sites excluding steroid dienone is 4. The molecular formula is C18H34O3S. The summed E-state index contributed by atoms with van der Waals surface area (Å²) < 4.78 is 31.9. The van der Waals surface area contributed by atoms with E-state index < -0.39 is 10.1 Å². The minimum Gasteiger partial charge on any atom is -0.282 e. The molecule has 4 heteroatoms. The molecule has 0 aromatic heterocycles. The summed E-state index contributed by atoms with van der Waals surface area (Å²) in [5, 5.41) is 0. The van der Waals surface area contributed by atoms with Crippen molar-refractivity contribution in [1.82, 2.24) is 0 Å². The summed E-state index contributed by atoms with van der Waals surface area (Å²) in [5.41, 5.74) is 1.54. The first-order valence-corrected chi connectivity index (χ1v) is 9.53. The molecule has 1 unspecified atom stereocenters. The smallest absolute Gasteiger partial charge is 0.282 e. The van der Waals surface area contributed by atoms with Crippen LogP contribution in [0, 0.1) is 16.7 Å². The third-order valence-corrected chi connectivity index (χ3v) is 4.97. The van der Waals surface area contributed by atoms with Gasteiger partial charge in [-0.3, -0.25) is 4.55 Å². The van der Waals surface area contributed by atoms with E-state index in [4.69, 9.17) is 0 Å². The summed E-state index contributed by atoms with van der Waals surface area (Å²) in [7, 11) is -4.10. The topological polar surface area (TPSA) is 54.4 Å². The van der Waals surface area contributed by atoms with E-state index in [2.05, 4.69) is 48.5 Å². The van der Waals surface area contributed by atoms with Gasteiger partial charge in [0.15, 0.2) is 0 Å². The maximum Gasteiger partial charge on any atom is 0.290 e. The SMILES string of the molecule is CC/C(=C\C=C(/CC)S(=O)(=O)O)C(CC(C)(C)C)C(C)(C)C. The van der Waals surface area contributed by atoms with Gasteiger partial charge in [-0.15, -0.1) is 0 Å². The minimum atomic E-state index is -4.10. The van der Waals surface area contributed by atoms with Crippen LogP contribution in [0.1, 0.15) is 74.7 Å². The highest BCUT2D eigenvalue weighted by Crippen LogP contribution is 2.41. The minimum absolute atomic E-state index is 0.0712. The number of rotatable bonds is 6. The molecule has 130 valence electrons. The number of hydrogen-bond donors (Lipinski definition) is 1. The van der Waals surface area contributed by atoms with Gasteiger partial charge in [-0.2, -0.15) is 8.42 Å². The molecule has 1 atom stereocenters. The Kier molecular flexibility index (Phi) is 7.56. The molecule has 0 saturated heterocycles. The average Bonchev–Trinajstić information content (AvgIpc) is 2.28. The van der Waals surface area contributed by atoms with Gasteiger partial charge in [-0.25, -0.2) is 0 Å². The van der Waals surface area contributed by atoms with Crippen LogP contribution < -0.4 is 0 Å². The van der Waals surface area contributed by atoms with E-state index in [0.717, 1.165) is 12.8 Å². The van der Waals surface area contributed by atoms with Gasteiger partial charge in [0, 0.05) is 0 Å². The second-order valence-electron chi connectivity index (χ2n) is 8.24. The molecular weight excluding hydrogens is 296 g/mol. The Morgan fingerprint density at radius 1 is 1.00 bits per heavy atom. The van der Waals surface area contributed by atoms with Crippen LogP contribution >= 0.6 is 0 Å². The standard InChI is InChI=1S/C18H34O3S/c1-9-14(11-12-15(10-2)22(19,20)21)16(18(6,7)8)13-17(3,4)5/h11-12,16H,9-10,13H2,1-8H3,(H,19,20,21)/b14-11+,15-12+. The van der Waals surface area contributed by atoms with Gasteiger partial charge in [0.2, 0.25) is 0 Å². The lowest BCUT2D eigenvalue weighted by molar-refractivity contribution is 0.193. The first-order valence-electron chi connectivity index (χ1n) is 8.09. The lowest BCUT2D eigenvalue weighted by atomic mass is 9.68. The molecule has 0 spiro atoms. The Morgan fingerprint density at radius 2 is 1.50 bits per heavy atom. The molecule has 1 N–H and O–H groups in total. The molecule has 0 radical (unpaired) electrons. The van der Waals surface area contributed by atoms with E-state index in [1.807, 2.05) is 6.08 Å². The van der Waals surface area contributed by atoms with Gasteiger partial charge in [0.1, 0.15) is 0 Å². The fraction of sp³-hybridized carbons (Fsp3) is 0.778. The molecule has 0 amide bonds. The van der Waals surface area contributed by atoms with E-state index in [-0.39, 0.29) is 15.7 Å². The Hall–Kier alpha value is -0.610. The summed E-state index contributed by atoms with van der Waals surface area (Å²) in [6.45, 7) is 17.2. The van der Waals surface area contributed by atoms with Crippen LogP contribution in [0.25, 0.3) is 0 Å². The molecule has 0 bridgehead atoms. The van der Waals surface area contributed by atoms with Crippen molar-refractivity contribution in [2.75, 3.05) is 0 Å². The second-order valence-corrected chi connectivity index (χ2v) is 9.71. The summed E-state index contributed by atoms with van der Waals surface area (Å²) in [5.74, 6) is 0.369. The van der Waals surface area contributed by atoms with E-state index in [1.165, 1.54) is 5.57 Å². The zero-order valence-electron chi connectivity index (χ0n) is 15.5. The van der Waals surface area contributed by atoms with Gasteiger partial charge < -0.3 is 0 Å². The van der Waals surface area contributed by atoms with Crippen molar-refractivity contribution in [3.8, 4) is 0 Å². The Morgan fingerprint density at radius 3 is 1.77 bits per heavy atom. The van der Waals surface area contributed by atoms with Crippen molar-refractivity contribution in [3.63, 3.8) is 0 Å². The molecule has 0 heterocycles. The van der Waals surface area contributed by atoms with Crippen molar-refractivity contribution < 1.29 is 13.0 Å². The fourth-order valence-corrected chi connectivity index (χ4v) is 3.28. The Balaban J connectivity index is 5.76. The molecule has 0 aliphatic heterocycles. The van der Waals surface area contributed by atoms with Crippen LogP contribution in [0.4, 0.5) is 0 Å². The lowest BCUT2D eigenvalue weighted by Gasteiger charge is -2.37. The first kappa shape index (κ1) is 21.4. The maximum atomic E-state index is 11.3. The highest BCUT2D eigenvalue weighted by Gasteiger charge is 2.30. The van der Waals surface area contributed by atoms with Gasteiger partial charge in [0.25, 0.3) is 10.1 Å². The van der Waals surface area contributed by atoms with Crippen LogP contribution in [0.15, 0.2) is 22.6 Å². The van der Waals surface area contributed by atoms with Gasteiger partial charge >= 0.3 is 0 Å². The summed E-state index contributed by atoms with van der Waals surface area (Å²) in [6.07, 6.45) is 5.67. The van der Waals surface area contributed by atoms with Crippen molar-refractivity contribution in [3.05, 3.63) is 22.6 Å². The highest BCUT2D eigenvalue weighted by molar-refractivity contribution is 7.89. The molecule has 0 aromatic carbocycles.